The predicted molar refractivity (Wildman–Crippen MR) is 128 cm³/mol. The lowest BCUT2D eigenvalue weighted by atomic mass is 9.95. The first-order valence-corrected chi connectivity index (χ1v) is 12.3. The van der Waals surface area contributed by atoms with Gasteiger partial charge in [0, 0.05) is 29.7 Å². The van der Waals surface area contributed by atoms with Gasteiger partial charge in [0.25, 0.3) is 0 Å². The molecule has 0 bridgehead atoms. The van der Waals surface area contributed by atoms with Gasteiger partial charge in [-0.05, 0) is 44.4 Å². The molecule has 0 saturated heterocycles. The van der Waals surface area contributed by atoms with E-state index in [4.69, 9.17) is 0 Å². The van der Waals surface area contributed by atoms with Crippen molar-refractivity contribution in [2.24, 2.45) is 0 Å². The average molecular weight is 439 g/mol. The van der Waals surface area contributed by atoms with Gasteiger partial charge in [-0.3, -0.25) is 9.59 Å². The van der Waals surface area contributed by atoms with Crippen LogP contribution in [0.3, 0.4) is 0 Å². The van der Waals surface area contributed by atoms with E-state index in [2.05, 4.69) is 36.5 Å². The zero-order valence-electron chi connectivity index (χ0n) is 18.7. The van der Waals surface area contributed by atoms with E-state index in [1.165, 1.54) is 24.8 Å². The van der Waals surface area contributed by atoms with Gasteiger partial charge < -0.3 is 10.2 Å². The normalized spacial score (nSPS) is 15.3. The van der Waals surface area contributed by atoms with Crippen LogP contribution in [0.1, 0.15) is 56.6 Å². The van der Waals surface area contributed by atoms with Crippen LogP contribution in [0, 0.1) is 6.92 Å². The number of hydrogen-bond donors (Lipinski definition) is 1. The molecule has 1 saturated carbocycles. The summed E-state index contributed by atoms with van der Waals surface area (Å²) in [6.45, 7) is 4.37. The number of aryl methyl sites for hydroxylation is 1. The van der Waals surface area contributed by atoms with Gasteiger partial charge in [0.2, 0.25) is 11.8 Å². The highest BCUT2D eigenvalue weighted by atomic mass is 32.2. The fourth-order valence-corrected chi connectivity index (χ4v) is 4.81. The Kier molecular flexibility index (Phi) is 9.01. The van der Waals surface area contributed by atoms with Gasteiger partial charge in [0.15, 0.2) is 0 Å². The standard InChI is InChI=1S/C26H34N2O2S/c1-20-13-15-24(16-14-20)31-18-17-25(29)28(19-22-9-5-3-6-10-22)21(2)26(30)27-23-11-7-4-8-12-23/h3,5-6,9-10,13-16,21,23H,4,7-8,11-12,17-19H2,1-2H3,(H,27,30). The molecule has 2 amide bonds. The Morgan fingerprint density at radius 1 is 1.03 bits per heavy atom. The van der Waals surface area contributed by atoms with Crippen molar-refractivity contribution >= 4 is 23.6 Å². The van der Waals surface area contributed by atoms with E-state index >= 15 is 0 Å². The van der Waals surface area contributed by atoms with Gasteiger partial charge in [-0.2, -0.15) is 0 Å². The van der Waals surface area contributed by atoms with Crippen LogP contribution in [0.5, 0.6) is 0 Å². The summed E-state index contributed by atoms with van der Waals surface area (Å²) in [6.07, 6.45) is 6.08. The fraction of sp³-hybridized carbons (Fsp3) is 0.462. The third-order valence-electron chi connectivity index (χ3n) is 5.92. The third-order valence-corrected chi connectivity index (χ3v) is 6.93. The van der Waals surface area contributed by atoms with E-state index in [9.17, 15) is 9.59 Å². The second kappa shape index (κ2) is 11.9. The molecule has 1 fully saturated rings. The molecule has 0 aliphatic heterocycles. The van der Waals surface area contributed by atoms with Gasteiger partial charge >= 0.3 is 0 Å². The molecule has 0 aromatic heterocycles. The van der Waals surface area contributed by atoms with Crippen molar-refractivity contribution in [2.45, 2.75) is 75.9 Å². The smallest absolute Gasteiger partial charge is 0.242 e. The van der Waals surface area contributed by atoms with Crippen molar-refractivity contribution in [3.05, 3.63) is 65.7 Å². The molecule has 1 unspecified atom stereocenters. The molecule has 1 aliphatic carbocycles. The number of benzene rings is 2. The van der Waals surface area contributed by atoms with Crippen molar-refractivity contribution in [1.29, 1.82) is 0 Å². The van der Waals surface area contributed by atoms with Crippen LogP contribution in [0.15, 0.2) is 59.5 Å². The number of rotatable bonds is 9. The number of nitrogens with zero attached hydrogens (tertiary/aromatic N) is 1. The summed E-state index contributed by atoms with van der Waals surface area (Å²) >= 11 is 1.68. The second-order valence-electron chi connectivity index (χ2n) is 8.44. The number of amides is 2. The van der Waals surface area contributed by atoms with Gasteiger partial charge in [-0.25, -0.2) is 0 Å². The maximum atomic E-state index is 13.2. The van der Waals surface area contributed by atoms with E-state index in [0.29, 0.717) is 18.7 Å². The highest BCUT2D eigenvalue weighted by Gasteiger charge is 2.27. The van der Waals surface area contributed by atoms with Crippen molar-refractivity contribution in [3.8, 4) is 0 Å². The minimum absolute atomic E-state index is 0.0229. The summed E-state index contributed by atoms with van der Waals surface area (Å²) in [5.74, 6) is 0.682. The van der Waals surface area contributed by atoms with Crippen LogP contribution < -0.4 is 5.32 Å². The SMILES string of the molecule is Cc1ccc(SCCC(=O)N(Cc2ccccc2)C(C)C(=O)NC2CCCCC2)cc1. The van der Waals surface area contributed by atoms with E-state index in [0.717, 1.165) is 23.3 Å². The summed E-state index contributed by atoms with van der Waals surface area (Å²) in [7, 11) is 0. The van der Waals surface area contributed by atoms with Crippen LogP contribution in [0.4, 0.5) is 0 Å². The monoisotopic (exact) mass is 438 g/mol. The fourth-order valence-electron chi connectivity index (χ4n) is 3.97. The van der Waals surface area contributed by atoms with Crippen molar-refractivity contribution in [1.82, 2.24) is 10.2 Å². The first-order valence-electron chi connectivity index (χ1n) is 11.4. The van der Waals surface area contributed by atoms with E-state index in [-0.39, 0.29) is 17.9 Å². The minimum Gasteiger partial charge on any atom is -0.352 e. The Morgan fingerprint density at radius 2 is 1.71 bits per heavy atom. The van der Waals surface area contributed by atoms with Crippen LogP contribution >= 0.6 is 11.8 Å². The summed E-state index contributed by atoms with van der Waals surface area (Å²) < 4.78 is 0. The molecule has 2 aromatic carbocycles. The van der Waals surface area contributed by atoms with Crippen LogP contribution in [-0.2, 0) is 16.1 Å². The number of thioether (sulfide) groups is 1. The molecule has 4 nitrogen and oxygen atoms in total. The van der Waals surface area contributed by atoms with Gasteiger partial charge in [-0.15, -0.1) is 11.8 Å². The molecule has 1 N–H and O–H groups in total. The number of nitrogens with one attached hydrogen (secondary N) is 1. The molecule has 0 radical (unpaired) electrons. The summed E-state index contributed by atoms with van der Waals surface area (Å²) in [6, 6.07) is 18.0. The molecule has 0 spiro atoms. The van der Waals surface area contributed by atoms with E-state index in [1.807, 2.05) is 37.3 Å². The van der Waals surface area contributed by atoms with Crippen molar-refractivity contribution < 1.29 is 9.59 Å². The second-order valence-corrected chi connectivity index (χ2v) is 9.61. The molecule has 1 aliphatic rings. The van der Waals surface area contributed by atoms with E-state index < -0.39 is 6.04 Å². The summed E-state index contributed by atoms with van der Waals surface area (Å²) in [5, 5.41) is 3.19. The summed E-state index contributed by atoms with van der Waals surface area (Å²) in [5.41, 5.74) is 2.27. The molecule has 166 valence electrons. The topological polar surface area (TPSA) is 49.4 Å². The van der Waals surface area contributed by atoms with Crippen LogP contribution in [0.2, 0.25) is 0 Å². The molecule has 3 rings (SSSR count). The lowest BCUT2D eigenvalue weighted by Crippen LogP contribution is -2.50. The van der Waals surface area contributed by atoms with E-state index in [1.54, 1.807) is 16.7 Å². The first-order chi connectivity index (χ1) is 15.0. The quantitative estimate of drug-likeness (QED) is 0.537. The lowest BCUT2D eigenvalue weighted by Gasteiger charge is -2.31. The van der Waals surface area contributed by atoms with Crippen molar-refractivity contribution in [3.63, 3.8) is 0 Å². The molecule has 5 heteroatoms. The third kappa shape index (κ3) is 7.42. The van der Waals surface area contributed by atoms with Gasteiger partial charge in [-0.1, -0.05) is 67.3 Å². The summed E-state index contributed by atoms with van der Waals surface area (Å²) in [4.78, 5) is 29.0. The largest absolute Gasteiger partial charge is 0.352 e. The minimum atomic E-state index is -0.487. The maximum Gasteiger partial charge on any atom is 0.242 e. The van der Waals surface area contributed by atoms with Crippen molar-refractivity contribution in [2.75, 3.05) is 5.75 Å². The molecule has 0 heterocycles. The predicted octanol–water partition coefficient (Wildman–Crippen LogP) is 5.34. The first kappa shape index (κ1) is 23.4. The highest BCUT2D eigenvalue weighted by Crippen LogP contribution is 2.21. The Hall–Kier alpha value is -2.27. The number of carbonyl (C=O) groups is 2. The number of carbonyl (C=O) groups excluding carboxylic acids is 2. The van der Waals surface area contributed by atoms with Gasteiger partial charge in [0.05, 0.1) is 0 Å². The highest BCUT2D eigenvalue weighted by molar-refractivity contribution is 7.99. The zero-order chi connectivity index (χ0) is 22.1. The average Bonchev–Trinajstić information content (AvgIpc) is 2.79. The molecule has 1 atom stereocenters. The molecule has 31 heavy (non-hydrogen) atoms. The maximum absolute atomic E-state index is 13.2. The molecular formula is C26H34N2O2S. The molecular weight excluding hydrogens is 404 g/mol. The Morgan fingerprint density at radius 3 is 2.39 bits per heavy atom. The van der Waals surface area contributed by atoms with Crippen LogP contribution in [-0.4, -0.2) is 34.6 Å². The van der Waals surface area contributed by atoms with Gasteiger partial charge in [0.1, 0.15) is 6.04 Å². The Labute approximate surface area is 190 Å². The lowest BCUT2D eigenvalue weighted by molar-refractivity contribution is -0.140. The Balaban J connectivity index is 1.61. The zero-order valence-corrected chi connectivity index (χ0v) is 19.5. The number of hydrogen-bond acceptors (Lipinski definition) is 3. The van der Waals surface area contributed by atoms with Crippen LogP contribution in [0.25, 0.3) is 0 Å². The molecule has 2 aromatic rings. The Bertz CT molecular complexity index is 832.